The van der Waals surface area contributed by atoms with Gasteiger partial charge in [0.1, 0.15) is 0 Å². The fraction of sp³-hybridized carbons (Fsp3) is 0.455. The van der Waals surface area contributed by atoms with Gasteiger partial charge < -0.3 is 9.05 Å². The molecule has 0 radical (unpaired) electrons. The summed E-state index contributed by atoms with van der Waals surface area (Å²) < 4.78 is 12.2. The molecule has 4 heteroatoms. The second-order valence-corrected chi connectivity index (χ2v) is 5.37. The third-order valence-corrected chi connectivity index (χ3v) is 4.02. The lowest BCUT2D eigenvalue weighted by Crippen LogP contribution is -1.94. The summed E-state index contributed by atoms with van der Waals surface area (Å²) in [4.78, 5) is 0. The van der Waals surface area contributed by atoms with Gasteiger partial charge in [0.25, 0.3) is 0 Å². The summed E-state index contributed by atoms with van der Waals surface area (Å²) in [6.07, 6.45) is 0.865. The first-order chi connectivity index (χ1) is 7.26. The van der Waals surface area contributed by atoms with Gasteiger partial charge >= 0.3 is 0 Å². The first kappa shape index (κ1) is 13.1. The van der Waals surface area contributed by atoms with Gasteiger partial charge in [-0.05, 0) is 31.5 Å². The molecule has 15 heavy (non-hydrogen) atoms. The van der Waals surface area contributed by atoms with Crippen LogP contribution in [0.5, 0.6) is 0 Å². The molecular weight excluding hydrogens is 275 g/mol. The zero-order chi connectivity index (χ0) is 11.1. The molecule has 1 aromatic rings. The summed E-state index contributed by atoms with van der Waals surface area (Å²) in [5, 5.41) is 0. The molecule has 0 aliphatic rings. The van der Waals surface area contributed by atoms with Crippen molar-refractivity contribution in [2.45, 2.75) is 20.0 Å². The molecule has 0 fully saturated rings. The Morgan fingerprint density at radius 3 is 2.07 bits per heavy atom. The summed E-state index contributed by atoms with van der Waals surface area (Å²) in [7, 11) is -0.762. The van der Waals surface area contributed by atoms with Gasteiger partial charge in [0, 0.05) is 10.6 Å². The standard InChI is InChI=1S/C11H16BrO2P/c1-3-13-15(14-4-2)9-10-5-7-11(12)8-6-10/h5-8H,3-4,9H2,1-2H3. The maximum Gasteiger partial charge on any atom is 0.175 e. The molecule has 0 heterocycles. The molecule has 2 nitrogen and oxygen atoms in total. The monoisotopic (exact) mass is 290 g/mol. The van der Waals surface area contributed by atoms with Crippen LogP contribution in [0.15, 0.2) is 28.7 Å². The zero-order valence-electron chi connectivity index (χ0n) is 9.07. The first-order valence-corrected chi connectivity index (χ1v) is 7.19. The summed E-state index contributed by atoms with van der Waals surface area (Å²) >= 11 is 3.42. The number of halogens is 1. The van der Waals surface area contributed by atoms with Crippen molar-refractivity contribution >= 4 is 24.3 Å². The number of benzene rings is 1. The highest BCUT2D eigenvalue weighted by Crippen LogP contribution is 2.41. The first-order valence-electron chi connectivity index (χ1n) is 5.04. The van der Waals surface area contributed by atoms with Crippen LogP contribution in [-0.4, -0.2) is 13.2 Å². The Hall–Kier alpha value is 0.0500. The van der Waals surface area contributed by atoms with Gasteiger partial charge in [-0.1, -0.05) is 28.1 Å². The highest BCUT2D eigenvalue weighted by molar-refractivity contribution is 9.10. The molecule has 0 aliphatic carbocycles. The van der Waals surface area contributed by atoms with Crippen molar-refractivity contribution in [3.8, 4) is 0 Å². The maximum atomic E-state index is 5.55. The van der Waals surface area contributed by atoms with E-state index in [4.69, 9.17) is 9.05 Å². The van der Waals surface area contributed by atoms with Crippen molar-refractivity contribution in [3.63, 3.8) is 0 Å². The number of hydrogen-bond acceptors (Lipinski definition) is 2. The van der Waals surface area contributed by atoms with Gasteiger partial charge in [0.05, 0.1) is 13.2 Å². The lowest BCUT2D eigenvalue weighted by atomic mass is 10.2. The van der Waals surface area contributed by atoms with E-state index >= 15 is 0 Å². The molecule has 0 amide bonds. The maximum absolute atomic E-state index is 5.55. The van der Waals surface area contributed by atoms with Gasteiger partial charge in [-0.25, -0.2) is 0 Å². The number of hydrogen-bond donors (Lipinski definition) is 0. The van der Waals surface area contributed by atoms with E-state index in [1.165, 1.54) is 5.56 Å². The average molecular weight is 291 g/mol. The van der Waals surface area contributed by atoms with Crippen molar-refractivity contribution in [1.29, 1.82) is 0 Å². The highest BCUT2D eigenvalue weighted by Gasteiger charge is 2.09. The van der Waals surface area contributed by atoms with E-state index in [1.807, 2.05) is 26.0 Å². The minimum atomic E-state index is -0.762. The normalized spacial score (nSPS) is 10.9. The van der Waals surface area contributed by atoms with Crippen molar-refractivity contribution in [3.05, 3.63) is 34.3 Å². The van der Waals surface area contributed by atoms with Gasteiger partial charge in [0.2, 0.25) is 0 Å². The highest BCUT2D eigenvalue weighted by atomic mass is 79.9. The van der Waals surface area contributed by atoms with Crippen LogP contribution in [0.4, 0.5) is 0 Å². The minimum Gasteiger partial charge on any atom is -0.334 e. The van der Waals surface area contributed by atoms with Gasteiger partial charge in [-0.3, -0.25) is 0 Å². The van der Waals surface area contributed by atoms with Crippen LogP contribution >= 0.6 is 24.3 Å². The van der Waals surface area contributed by atoms with Crippen LogP contribution in [0.1, 0.15) is 19.4 Å². The molecule has 0 aromatic heterocycles. The van der Waals surface area contributed by atoms with E-state index in [-0.39, 0.29) is 0 Å². The largest absolute Gasteiger partial charge is 0.334 e. The fourth-order valence-corrected chi connectivity index (χ4v) is 2.76. The molecule has 0 saturated heterocycles. The smallest absolute Gasteiger partial charge is 0.175 e. The molecule has 84 valence electrons. The van der Waals surface area contributed by atoms with Crippen molar-refractivity contribution in [2.75, 3.05) is 13.2 Å². The SMILES string of the molecule is CCOP(Cc1ccc(Br)cc1)OCC. The quantitative estimate of drug-likeness (QED) is 0.726. The summed E-state index contributed by atoms with van der Waals surface area (Å²) in [5.74, 6) is 0. The molecule has 0 spiro atoms. The Bertz CT molecular complexity index is 270. The third kappa shape index (κ3) is 5.07. The average Bonchev–Trinajstić information content (AvgIpc) is 2.22. The van der Waals surface area contributed by atoms with E-state index in [9.17, 15) is 0 Å². The van der Waals surface area contributed by atoms with Gasteiger partial charge in [-0.2, -0.15) is 0 Å². The van der Waals surface area contributed by atoms with Crippen molar-refractivity contribution < 1.29 is 9.05 Å². The molecule has 0 bridgehead atoms. The van der Waals surface area contributed by atoms with E-state index < -0.39 is 8.38 Å². The molecule has 0 N–H and O–H groups in total. The molecular formula is C11H16BrO2P. The van der Waals surface area contributed by atoms with E-state index in [2.05, 4.69) is 28.1 Å². The van der Waals surface area contributed by atoms with Gasteiger partial charge in [0.15, 0.2) is 8.38 Å². The fourth-order valence-electron chi connectivity index (χ4n) is 1.16. The minimum absolute atomic E-state index is 0.711. The molecule has 0 saturated carbocycles. The second-order valence-electron chi connectivity index (χ2n) is 2.95. The Morgan fingerprint density at radius 1 is 1.07 bits per heavy atom. The second kappa shape index (κ2) is 7.34. The van der Waals surface area contributed by atoms with Gasteiger partial charge in [-0.15, -0.1) is 0 Å². The molecule has 0 aliphatic heterocycles. The molecule has 1 aromatic carbocycles. The van der Waals surface area contributed by atoms with E-state index in [0.29, 0.717) is 13.2 Å². The van der Waals surface area contributed by atoms with E-state index in [1.54, 1.807) is 0 Å². The van der Waals surface area contributed by atoms with Crippen LogP contribution < -0.4 is 0 Å². The van der Waals surface area contributed by atoms with Crippen LogP contribution in [0.3, 0.4) is 0 Å². The summed E-state index contributed by atoms with van der Waals surface area (Å²) in [5.41, 5.74) is 1.26. The third-order valence-electron chi connectivity index (χ3n) is 1.77. The zero-order valence-corrected chi connectivity index (χ0v) is 11.6. The molecule has 0 atom stereocenters. The van der Waals surface area contributed by atoms with Crippen molar-refractivity contribution in [2.24, 2.45) is 0 Å². The van der Waals surface area contributed by atoms with Crippen LogP contribution in [0.2, 0.25) is 0 Å². The Morgan fingerprint density at radius 2 is 1.60 bits per heavy atom. The predicted molar refractivity (Wildman–Crippen MR) is 68.0 cm³/mol. The Balaban J connectivity index is 2.53. The Labute approximate surface area is 101 Å². The molecule has 0 unspecified atom stereocenters. The van der Waals surface area contributed by atoms with E-state index in [0.717, 1.165) is 10.6 Å². The predicted octanol–water partition coefficient (Wildman–Crippen LogP) is 4.33. The van der Waals surface area contributed by atoms with Crippen LogP contribution in [0.25, 0.3) is 0 Å². The summed E-state index contributed by atoms with van der Waals surface area (Å²) in [6.45, 7) is 5.41. The number of rotatable bonds is 6. The lowest BCUT2D eigenvalue weighted by Gasteiger charge is -2.15. The van der Waals surface area contributed by atoms with Crippen LogP contribution in [0, 0.1) is 0 Å². The lowest BCUT2D eigenvalue weighted by molar-refractivity contribution is 0.268. The van der Waals surface area contributed by atoms with Crippen molar-refractivity contribution in [1.82, 2.24) is 0 Å². The molecule has 1 rings (SSSR count). The topological polar surface area (TPSA) is 18.5 Å². The van der Waals surface area contributed by atoms with Crippen LogP contribution in [-0.2, 0) is 15.2 Å². The Kier molecular flexibility index (Phi) is 6.42. The summed E-state index contributed by atoms with van der Waals surface area (Å²) in [6, 6.07) is 8.27.